The summed E-state index contributed by atoms with van der Waals surface area (Å²) in [7, 11) is 0. The van der Waals surface area contributed by atoms with E-state index in [2.05, 4.69) is 20.3 Å². The van der Waals surface area contributed by atoms with Crippen LogP contribution in [0.15, 0.2) is 64.3 Å². The minimum Gasteiger partial charge on any atom is -0.409 e. The normalized spacial score (nSPS) is 11.8. The van der Waals surface area contributed by atoms with Gasteiger partial charge in [0.1, 0.15) is 5.82 Å². The minimum absolute atomic E-state index is 0.0292. The zero-order valence-corrected chi connectivity index (χ0v) is 13.5. The zero-order chi connectivity index (χ0) is 18.1. The first-order valence-electron chi connectivity index (χ1n) is 7.73. The maximum Gasteiger partial charge on any atom is 0.258 e. The molecule has 0 unspecified atom stereocenters. The van der Waals surface area contributed by atoms with Gasteiger partial charge in [-0.15, -0.1) is 0 Å². The van der Waals surface area contributed by atoms with Crippen molar-refractivity contribution in [1.82, 2.24) is 15.1 Å². The molecule has 4 rings (SSSR count). The highest BCUT2D eigenvalue weighted by Crippen LogP contribution is 2.29. The molecule has 0 atom stereocenters. The fraction of sp³-hybridized carbons (Fsp3) is 0. The molecule has 8 heteroatoms. The van der Waals surface area contributed by atoms with Crippen molar-refractivity contribution in [3.63, 3.8) is 0 Å². The van der Waals surface area contributed by atoms with E-state index in [9.17, 15) is 0 Å². The second-order valence-electron chi connectivity index (χ2n) is 5.60. The number of aromatic nitrogens is 3. The van der Waals surface area contributed by atoms with Gasteiger partial charge in [-0.05, 0) is 24.3 Å². The molecule has 4 aromatic rings. The Morgan fingerprint density at radius 1 is 1.04 bits per heavy atom. The lowest BCUT2D eigenvalue weighted by Gasteiger charge is -2.03. The van der Waals surface area contributed by atoms with Gasteiger partial charge >= 0.3 is 0 Å². The van der Waals surface area contributed by atoms with Crippen LogP contribution < -0.4 is 11.5 Å². The number of nitrogens with two attached hydrogens (primary N) is 2. The van der Waals surface area contributed by atoms with E-state index in [0.29, 0.717) is 28.7 Å². The number of amidine groups is 1. The molecule has 0 fully saturated rings. The molecule has 128 valence electrons. The number of hydrogen-bond acceptors (Lipinski definition) is 7. The number of oxime groups is 1. The summed E-state index contributed by atoms with van der Waals surface area (Å²) in [6.07, 6.45) is 0. The molecule has 0 amide bonds. The van der Waals surface area contributed by atoms with E-state index < -0.39 is 0 Å². The fourth-order valence-corrected chi connectivity index (χ4v) is 2.67. The monoisotopic (exact) mass is 346 g/mol. The maximum absolute atomic E-state index is 8.72. The number of benzene rings is 2. The Morgan fingerprint density at radius 3 is 2.58 bits per heavy atom. The van der Waals surface area contributed by atoms with Crippen molar-refractivity contribution in [2.45, 2.75) is 0 Å². The molecule has 2 heterocycles. The van der Waals surface area contributed by atoms with Gasteiger partial charge in [-0.1, -0.05) is 40.6 Å². The van der Waals surface area contributed by atoms with Gasteiger partial charge in [-0.2, -0.15) is 4.98 Å². The van der Waals surface area contributed by atoms with E-state index in [1.807, 2.05) is 24.3 Å². The molecule has 26 heavy (non-hydrogen) atoms. The molecule has 0 saturated carbocycles. The Hall–Kier alpha value is -3.94. The molecule has 8 nitrogen and oxygen atoms in total. The molecular formula is C18H14N6O2. The molecule has 0 saturated heterocycles. The number of rotatable bonds is 3. The Balaban J connectivity index is 1.75. The van der Waals surface area contributed by atoms with Gasteiger partial charge in [0.05, 0.1) is 5.52 Å². The SMILES string of the molecule is N/C(=N\O)c1ccc(-c2nc(-c3cc(N)nc4ccccc34)no2)cc1. The van der Waals surface area contributed by atoms with E-state index in [4.69, 9.17) is 21.2 Å². The molecule has 0 radical (unpaired) electrons. The molecule has 0 bridgehead atoms. The molecule has 5 N–H and O–H groups in total. The summed E-state index contributed by atoms with van der Waals surface area (Å²) in [4.78, 5) is 8.77. The largest absolute Gasteiger partial charge is 0.409 e. The third-order valence-corrected chi connectivity index (χ3v) is 3.94. The van der Waals surface area contributed by atoms with Gasteiger partial charge in [-0.3, -0.25) is 0 Å². The van der Waals surface area contributed by atoms with E-state index in [0.717, 1.165) is 16.5 Å². The number of nitrogen functional groups attached to an aromatic ring is 1. The molecule has 0 spiro atoms. The van der Waals surface area contributed by atoms with Crippen LogP contribution in [0.5, 0.6) is 0 Å². The second kappa shape index (κ2) is 6.17. The standard InChI is InChI=1S/C18H14N6O2/c19-15-9-13(12-3-1-2-4-14(12)21-15)17-22-18(26-24-17)11-7-5-10(6-8-11)16(20)23-25/h1-9,25H,(H2,19,21)(H2,20,23). The van der Waals surface area contributed by atoms with Crippen molar-refractivity contribution >= 4 is 22.6 Å². The van der Waals surface area contributed by atoms with Crippen molar-refractivity contribution in [3.8, 4) is 22.8 Å². The van der Waals surface area contributed by atoms with Gasteiger partial charge in [0, 0.05) is 22.1 Å². The first-order chi connectivity index (χ1) is 12.7. The Kier molecular flexibility index (Phi) is 3.70. The third kappa shape index (κ3) is 2.69. The summed E-state index contributed by atoms with van der Waals surface area (Å²) >= 11 is 0. The van der Waals surface area contributed by atoms with Crippen LogP contribution in [0.4, 0.5) is 5.82 Å². The van der Waals surface area contributed by atoms with E-state index in [1.165, 1.54) is 0 Å². The van der Waals surface area contributed by atoms with Crippen molar-refractivity contribution in [3.05, 3.63) is 60.2 Å². The van der Waals surface area contributed by atoms with Crippen LogP contribution >= 0.6 is 0 Å². The van der Waals surface area contributed by atoms with Crippen molar-refractivity contribution in [1.29, 1.82) is 0 Å². The summed E-state index contributed by atoms with van der Waals surface area (Å²) in [6.45, 7) is 0. The number of nitrogens with zero attached hydrogens (tertiary/aromatic N) is 4. The number of para-hydroxylation sites is 1. The Bertz CT molecular complexity index is 1120. The number of hydrogen-bond donors (Lipinski definition) is 3. The fourth-order valence-electron chi connectivity index (χ4n) is 2.67. The molecular weight excluding hydrogens is 332 g/mol. The summed E-state index contributed by atoms with van der Waals surface area (Å²) in [5.74, 6) is 1.19. The highest BCUT2D eigenvalue weighted by molar-refractivity contribution is 5.97. The number of fused-ring (bicyclic) bond motifs is 1. The van der Waals surface area contributed by atoms with E-state index in [1.54, 1.807) is 30.3 Å². The van der Waals surface area contributed by atoms with Gasteiger partial charge in [0.25, 0.3) is 5.89 Å². The van der Waals surface area contributed by atoms with Crippen LogP contribution in [-0.4, -0.2) is 26.2 Å². The predicted octanol–water partition coefficient (Wildman–Crippen LogP) is 2.63. The predicted molar refractivity (Wildman–Crippen MR) is 97.4 cm³/mol. The number of pyridine rings is 1. The van der Waals surface area contributed by atoms with Crippen LogP contribution in [-0.2, 0) is 0 Å². The topological polar surface area (TPSA) is 136 Å². The first kappa shape index (κ1) is 15.6. The number of anilines is 1. The van der Waals surface area contributed by atoms with Crippen LogP contribution in [0, 0.1) is 0 Å². The summed E-state index contributed by atoms with van der Waals surface area (Å²) in [6, 6.07) is 16.2. The van der Waals surface area contributed by atoms with E-state index >= 15 is 0 Å². The first-order valence-corrected chi connectivity index (χ1v) is 7.73. The molecule has 0 aliphatic rings. The molecule has 2 aromatic carbocycles. The quantitative estimate of drug-likeness (QED) is 0.224. The molecule has 0 aliphatic carbocycles. The second-order valence-corrected chi connectivity index (χ2v) is 5.60. The molecule has 0 aliphatic heterocycles. The van der Waals surface area contributed by atoms with Crippen molar-refractivity contribution < 1.29 is 9.73 Å². The highest BCUT2D eigenvalue weighted by Gasteiger charge is 2.14. The van der Waals surface area contributed by atoms with Crippen LogP contribution in [0.25, 0.3) is 33.7 Å². The smallest absolute Gasteiger partial charge is 0.258 e. The molecule has 2 aromatic heterocycles. The van der Waals surface area contributed by atoms with Crippen molar-refractivity contribution in [2.75, 3.05) is 5.73 Å². The van der Waals surface area contributed by atoms with Crippen molar-refractivity contribution in [2.24, 2.45) is 10.9 Å². The average molecular weight is 346 g/mol. The summed E-state index contributed by atoms with van der Waals surface area (Å²) < 4.78 is 5.39. The zero-order valence-electron chi connectivity index (χ0n) is 13.5. The van der Waals surface area contributed by atoms with Gasteiger partial charge in [0.2, 0.25) is 5.82 Å². The Morgan fingerprint density at radius 2 is 1.81 bits per heavy atom. The van der Waals surface area contributed by atoms with E-state index in [-0.39, 0.29) is 5.84 Å². The lowest BCUT2D eigenvalue weighted by molar-refractivity contribution is 0.318. The van der Waals surface area contributed by atoms with Gasteiger partial charge in [-0.25, -0.2) is 4.98 Å². The lowest BCUT2D eigenvalue weighted by Crippen LogP contribution is -2.12. The van der Waals surface area contributed by atoms with Crippen LogP contribution in [0.2, 0.25) is 0 Å². The lowest BCUT2D eigenvalue weighted by atomic mass is 10.1. The van der Waals surface area contributed by atoms with Crippen LogP contribution in [0.1, 0.15) is 5.56 Å². The highest BCUT2D eigenvalue weighted by atomic mass is 16.5. The van der Waals surface area contributed by atoms with Gasteiger partial charge < -0.3 is 21.2 Å². The minimum atomic E-state index is 0.0292. The Labute approximate surface area is 147 Å². The summed E-state index contributed by atoms with van der Waals surface area (Å²) in [5, 5.41) is 16.6. The average Bonchev–Trinajstić information content (AvgIpc) is 3.17. The summed E-state index contributed by atoms with van der Waals surface area (Å²) in [5.41, 5.74) is 14.3. The van der Waals surface area contributed by atoms with Gasteiger partial charge in [0.15, 0.2) is 5.84 Å². The van der Waals surface area contributed by atoms with Crippen LogP contribution in [0.3, 0.4) is 0 Å². The third-order valence-electron chi connectivity index (χ3n) is 3.94. The maximum atomic E-state index is 8.72.